The van der Waals surface area contributed by atoms with E-state index in [1.165, 1.54) is 5.57 Å². The highest BCUT2D eigenvalue weighted by Crippen LogP contribution is 2.44. The normalized spacial score (nSPS) is 14.7. The third-order valence-corrected chi connectivity index (χ3v) is 6.58. The molecule has 4 aromatic carbocycles. The maximum Gasteiger partial charge on any atom is 0.131 e. The number of ether oxygens (including phenoxy) is 2. The van der Waals surface area contributed by atoms with Gasteiger partial charge in [0.05, 0.1) is 0 Å². The van der Waals surface area contributed by atoms with Crippen LogP contribution in [-0.4, -0.2) is 23.4 Å². The molecule has 0 radical (unpaired) electrons. The lowest BCUT2D eigenvalue weighted by Crippen LogP contribution is -2.15. The summed E-state index contributed by atoms with van der Waals surface area (Å²) in [6.45, 7) is 2.45. The summed E-state index contributed by atoms with van der Waals surface area (Å²) < 4.78 is 12.7. The average molecular weight is 467 g/mol. The van der Waals surface area contributed by atoms with Crippen molar-refractivity contribution >= 4 is 10.8 Å². The Bertz CT molecular complexity index is 1330. The Labute approximate surface area is 206 Å². The monoisotopic (exact) mass is 466 g/mol. The minimum atomic E-state index is -0.720. The molecular weight excluding hydrogens is 436 g/mol. The molecular formula is C31H30O4. The highest BCUT2D eigenvalue weighted by molar-refractivity contribution is 5.96. The first-order valence-electron chi connectivity index (χ1n) is 12.1. The van der Waals surface area contributed by atoms with Crippen molar-refractivity contribution < 1.29 is 19.7 Å². The quantitative estimate of drug-likeness (QED) is 0.308. The molecule has 2 unspecified atom stereocenters. The molecule has 4 heteroatoms. The van der Waals surface area contributed by atoms with E-state index in [9.17, 15) is 10.2 Å². The van der Waals surface area contributed by atoms with Crippen molar-refractivity contribution in [3.63, 3.8) is 0 Å². The fraction of sp³-hybridized carbons (Fsp3) is 0.226. The van der Waals surface area contributed by atoms with Gasteiger partial charge < -0.3 is 19.7 Å². The molecule has 178 valence electrons. The van der Waals surface area contributed by atoms with Crippen LogP contribution in [0.4, 0.5) is 0 Å². The lowest BCUT2D eigenvalue weighted by Gasteiger charge is -2.26. The first-order valence-corrected chi connectivity index (χ1v) is 12.1. The van der Waals surface area contributed by atoms with Crippen LogP contribution in [0.5, 0.6) is 11.5 Å². The van der Waals surface area contributed by atoms with Gasteiger partial charge in [-0.05, 0) is 30.9 Å². The van der Waals surface area contributed by atoms with Crippen LogP contribution in [0.2, 0.25) is 0 Å². The molecule has 0 spiro atoms. The molecule has 0 amide bonds. The second kappa shape index (κ2) is 10.3. The molecule has 0 saturated heterocycles. The van der Waals surface area contributed by atoms with E-state index in [0.29, 0.717) is 0 Å². The molecule has 1 aliphatic rings. The SMILES string of the molecule is CC1=CCc2c(c(OCC(O)c3ccccc3)c3ccccc3c2OCC(O)c2ccccc2)C1. The Morgan fingerprint density at radius 1 is 0.657 bits per heavy atom. The highest BCUT2D eigenvalue weighted by atomic mass is 16.5. The molecule has 0 aromatic heterocycles. The van der Waals surface area contributed by atoms with Crippen LogP contribution in [0.1, 0.15) is 41.4 Å². The third-order valence-electron chi connectivity index (χ3n) is 6.58. The van der Waals surface area contributed by atoms with Crippen molar-refractivity contribution in [2.75, 3.05) is 13.2 Å². The van der Waals surface area contributed by atoms with Crippen molar-refractivity contribution in [2.45, 2.75) is 32.0 Å². The van der Waals surface area contributed by atoms with E-state index >= 15 is 0 Å². The largest absolute Gasteiger partial charge is 0.490 e. The summed E-state index contributed by atoms with van der Waals surface area (Å²) in [5.41, 5.74) is 5.11. The fourth-order valence-corrected chi connectivity index (χ4v) is 4.71. The van der Waals surface area contributed by atoms with Gasteiger partial charge in [-0.2, -0.15) is 0 Å². The zero-order chi connectivity index (χ0) is 24.2. The zero-order valence-corrected chi connectivity index (χ0v) is 19.9. The average Bonchev–Trinajstić information content (AvgIpc) is 2.91. The van der Waals surface area contributed by atoms with Gasteiger partial charge in [-0.25, -0.2) is 0 Å². The van der Waals surface area contributed by atoms with Crippen LogP contribution in [-0.2, 0) is 12.8 Å². The van der Waals surface area contributed by atoms with Gasteiger partial charge in [-0.1, -0.05) is 96.6 Å². The standard InChI is InChI=1S/C31H30O4/c1-21-16-17-26-27(18-21)31(35-20-29(33)23-12-6-3-7-13-23)25-15-9-8-14-24(25)30(26)34-19-28(32)22-10-4-2-5-11-22/h2-16,28-29,32-33H,17-20H2,1H3. The van der Waals surface area contributed by atoms with Crippen LogP contribution < -0.4 is 9.47 Å². The number of rotatable bonds is 8. The number of hydrogen-bond donors (Lipinski definition) is 2. The molecule has 35 heavy (non-hydrogen) atoms. The van der Waals surface area contributed by atoms with Gasteiger partial charge in [0.1, 0.15) is 36.9 Å². The van der Waals surface area contributed by atoms with E-state index in [1.807, 2.05) is 84.9 Å². The molecule has 1 aliphatic carbocycles. The van der Waals surface area contributed by atoms with E-state index in [0.717, 1.165) is 57.4 Å². The molecule has 0 fully saturated rings. The van der Waals surface area contributed by atoms with Crippen molar-refractivity contribution in [2.24, 2.45) is 0 Å². The Balaban J connectivity index is 1.50. The number of fused-ring (bicyclic) bond motifs is 2. The van der Waals surface area contributed by atoms with E-state index in [4.69, 9.17) is 9.47 Å². The molecule has 0 aliphatic heterocycles. The predicted octanol–water partition coefficient (Wildman–Crippen LogP) is 6.11. The van der Waals surface area contributed by atoms with E-state index < -0.39 is 12.2 Å². The molecule has 4 nitrogen and oxygen atoms in total. The van der Waals surface area contributed by atoms with Crippen LogP contribution in [0.25, 0.3) is 10.8 Å². The van der Waals surface area contributed by atoms with Crippen LogP contribution >= 0.6 is 0 Å². The minimum absolute atomic E-state index is 0.163. The number of allylic oxidation sites excluding steroid dienone is 2. The number of benzene rings is 4. The lowest BCUT2D eigenvalue weighted by molar-refractivity contribution is 0.106. The number of aliphatic hydroxyl groups excluding tert-OH is 2. The van der Waals surface area contributed by atoms with E-state index in [1.54, 1.807) is 0 Å². The van der Waals surface area contributed by atoms with E-state index in [-0.39, 0.29) is 13.2 Å². The van der Waals surface area contributed by atoms with Gasteiger partial charge in [-0.15, -0.1) is 0 Å². The molecule has 0 heterocycles. The minimum Gasteiger partial charge on any atom is -0.490 e. The van der Waals surface area contributed by atoms with Crippen LogP contribution in [0.3, 0.4) is 0 Å². The van der Waals surface area contributed by atoms with Gasteiger partial charge >= 0.3 is 0 Å². The molecule has 5 rings (SSSR count). The highest BCUT2D eigenvalue weighted by Gasteiger charge is 2.25. The number of aliphatic hydroxyl groups is 2. The molecule has 2 atom stereocenters. The molecule has 0 saturated carbocycles. The van der Waals surface area contributed by atoms with Crippen LogP contribution in [0.15, 0.2) is 96.6 Å². The first kappa shape index (κ1) is 23.2. The van der Waals surface area contributed by atoms with Crippen molar-refractivity contribution in [1.29, 1.82) is 0 Å². The first-order chi connectivity index (χ1) is 17.1. The summed E-state index contributed by atoms with van der Waals surface area (Å²) in [5.74, 6) is 1.60. The fourth-order valence-electron chi connectivity index (χ4n) is 4.71. The summed E-state index contributed by atoms with van der Waals surface area (Å²) in [4.78, 5) is 0. The molecule has 4 aromatic rings. The van der Waals surface area contributed by atoms with Crippen LogP contribution in [0, 0.1) is 0 Å². The van der Waals surface area contributed by atoms with E-state index in [2.05, 4.69) is 13.0 Å². The lowest BCUT2D eigenvalue weighted by atomic mass is 9.87. The Morgan fingerprint density at radius 3 is 1.63 bits per heavy atom. The summed E-state index contributed by atoms with van der Waals surface area (Å²) in [5, 5.41) is 23.3. The summed E-state index contributed by atoms with van der Waals surface area (Å²) >= 11 is 0. The van der Waals surface area contributed by atoms with Gasteiger partial charge in [-0.3, -0.25) is 0 Å². The molecule has 0 bridgehead atoms. The van der Waals surface area contributed by atoms with Gasteiger partial charge in [0.2, 0.25) is 0 Å². The second-order valence-electron chi connectivity index (χ2n) is 9.07. The molecule has 2 N–H and O–H groups in total. The third kappa shape index (κ3) is 4.95. The predicted molar refractivity (Wildman–Crippen MR) is 139 cm³/mol. The van der Waals surface area contributed by atoms with Crippen molar-refractivity contribution in [3.05, 3.63) is 119 Å². The van der Waals surface area contributed by atoms with Crippen molar-refractivity contribution in [3.8, 4) is 11.5 Å². The summed E-state index contributed by atoms with van der Waals surface area (Å²) in [6, 6.07) is 27.2. The van der Waals surface area contributed by atoms with Gasteiger partial charge in [0, 0.05) is 21.9 Å². The Morgan fingerprint density at radius 2 is 1.11 bits per heavy atom. The van der Waals surface area contributed by atoms with Gasteiger partial charge in [0.25, 0.3) is 0 Å². The van der Waals surface area contributed by atoms with Gasteiger partial charge in [0.15, 0.2) is 0 Å². The van der Waals surface area contributed by atoms with Crippen molar-refractivity contribution in [1.82, 2.24) is 0 Å². The Kier molecular flexibility index (Phi) is 6.84. The maximum absolute atomic E-state index is 10.7. The number of hydrogen-bond acceptors (Lipinski definition) is 4. The smallest absolute Gasteiger partial charge is 0.131 e. The maximum atomic E-state index is 10.7. The zero-order valence-electron chi connectivity index (χ0n) is 19.9. The second-order valence-corrected chi connectivity index (χ2v) is 9.07. The topological polar surface area (TPSA) is 58.9 Å². The Hall–Kier alpha value is -3.60. The summed E-state index contributed by atoms with van der Waals surface area (Å²) in [7, 11) is 0. The summed E-state index contributed by atoms with van der Waals surface area (Å²) in [6.07, 6.45) is 2.28.